The lowest BCUT2D eigenvalue weighted by Gasteiger charge is -2.17. The molecule has 0 aliphatic carbocycles. The number of rotatable bonds is 3. The van der Waals surface area contributed by atoms with E-state index in [0.29, 0.717) is 5.92 Å². The molecule has 1 aliphatic rings. The van der Waals surface area contributed by atoms with E-state index in [0.717, 1.165) is 6.42 Å². The maximum Gasteiger partial charge on any atom is 0.0989 e. The Balaban J connectivity index is 2.50. The molecule has 1 heterocycles. The molecule has 1 aliphatic heterocycles. The van der Waals surface area contributed by atoms with Crippen molar-refractivity contribution >= 4 is 0 Å². The summed E-state index contributed by atoms with van der Waals surface area (Å²) in [6.45, 7) is 3.99. The SMILES string of the molecule is CC(C)C[C@H]1N[C@@H](CO)[C@H](O)[C@H]1O. The van der Waals surface area contributed by atoms with Crippen molar-refractivity contribution in [1.82, 2.24) is 5.32 Å². The van der Waals surface area contributed by atoms with Gasteiger partial charge in [0.05, 0.1) is 24.9 Å². The highest BCUT2D eigenvalue weighted by Gasteiger charge is 2.40. The summed E-state index contributed by atoms with van der Waals surface area (Å²) in [6.07, 6.45) is -0.775. The highest BCUT2D eigenvalue weighted by atomic mass is 16.3. The molecular weight excluding hydrogens is 170 g/mol. The molecule has 1 rings (SSSR count). The van der Waals surface area contributed by atoms with Crippen LogP contribution in [0.25, 0.3) is 0 Å². The fraction of sp³-hybridized carbons (Fsp3) is 1.00. The predicted octanol–water partition coefficient (Wildman–Crippen LogP) is -0.913. The van der Waals surface area contributed by atoms with Crippen molar-refractivity contribution < 1.29 is 15.3 Å². The van der Waals surface area contributed by atoms with Crippen molar-refractivity contribution in [1.29, 1.82) is 0 Å². The zero-order valence-electron chi connectivity index (χ0n) is 8.14. The van der Waals surface area contributed by atoms with E-state index in [4.69, 9.17) is 5.11 Å². The van der Waals surface area contributed by atoms with E-state index in [9.17, 15) is 10.2 Å². The molecule has 0 bridgehead atoms. The molecule has 0 saturated carbocycles. The maximum absolute atomic E-state index is 9.58. The van der Waals surface area contributed by atoms with Gasteiger partial charge < -0.3 is 20.6 Å². The number of aliphatic hydroxyl groups excluding tert-OH is 3. The molecule has 0 spiro atoms. The average Bonchev–Trinajstić information content (AvgIpc) is 2.32. The molecule has 0 unspecified atom stereocenters. The van der Waals surface area contributed by atoms with Crippen LogP contribution in [0, 0.1) is 5.92 Å². The predicted molar refractivity (Wildman–Crippen MR) is 49.3 cm³/mol. The van der Waals surface area contributed by atoms with Crippen molar-refractivity contribution in [3.05, 3.63) is 0 Å². The van der Waals surface area contributed by atoms with E-state index in [2.05, 4.69) is 19.2 Å². The summed E-state index contributed by atoms with van der Waals surface area (Å²) < 4.78 is 0. The van der Waals surface area contributed by atoms with Crippen LogP contribution in [0.2, 0.25) is 0 Å². The van der Waals surface area contributed by atoms with Crippen LogP contribution in [-0.2, 0) is 0 Å². The molecule has 4 N–H and O–H groups in total. The standard InChI is InChI=1S/C9H19NO3/c1-5(2)3-6-8(12)9(13)7(4-11)10-6/h5-13H,3-4H2,1-2H3/t6-,7+,8+,9+/m1/s1. The smallest absolute Gasteiger partial charge is 0.0989 e. The molecule has 1 saturated heterocycles. The first kappa shape index (κ1) is 10.9. The monoisotopic (exact) mass is 189 g/mol. The zero-order valence-corrected chi connectivity index (χ0v) is 8.14. The van der Waals surface area contributed by atoms with Crippen LogP contribution in [0.15, 0.2) is 0 Å². The number of nitrogens with one attached hydrogen (secondary N) is 1. The average molecular weight is 189 g/mol. The van der Waals surface area contributed by atoms with Crippen LogP contribution in [0.4, 0.5) is 0 Å². The fourth-order valence-electron chi connectivity index (χ4n) is 1.82. The Bertz CT molecular complexity index is 163. The van der Waals surface area contributed by atoms with Crippen LogP contribution in [0.5, 0.6) is 0 Å². The third-order valence-electron chi connectivity index (χ3n) is 2.52. The molecule has 4 heteroatoms. The summed E-state index contributed by atoms with van der Waals surface area (Å²) in [5.41, 5.74) is 0. The van der Waals surface area contributed by atoms with Gasteiger partial charge in [-0.05, 0) is 12.3 Å². The summed E-state index contributed by atoms with van der Waals surface area (Å²) in [7, 11) is 0. The third-order valence-corrected chi connectivity index (χ3v) is 2.52. The van der Waals surface area contributed by atoms with Gasteiger partial charge in [-0.3, -0.25) is 0 Å². The summed E-state index contributed by atoms with van der Waals surface area (Å²) in [5.74, 6) is 0.469. The topological polar surface area (TPSA) is 72.7 Å². The van der Waals surface area contributed by atoms with Gasteiger partial charge in [-0.2, -0.15) is 0 Å². The molecule has 1 fully saturated rings. The first-order chi connectivity index (χ1) is 6.06. The van der Waals surface area contributed by atoms with Gasteiger partial charge in [-0.1, -0.05) is 13.8 Å². The molecule has 4 atom stereocenters. The Kier molecular flexibility index (Phi) is 3.67. The van der Waals surface area contributed by atoms with E-state index >= 15 is 0 Å². The second kappa shape index (κ2) is 4.37. The number of hydrogen-bond donors (Lipinski definition) is 4. The van der Waals surface area contributed by atoms with E-state index < -0.39 is 12.2 Å². The van der Waals surface area contributed by atoms with Crippen LogP contribution >= 0.6 is 0 Å². The quantitative estimate of drug-likeness (QED) is 0.463. The molecule has 0 radical (unpaired) electrons. The molecule has 0 aromatic heterocycles. The first-order valence-corrected chi connectivity index (χ1v) is 4.79. The largest absolute Gasteiger partial charge is 0.395 e. The minimum absolute atomic E-state index is 0.0906. The fourth-order valence-corrected chi connectivity index (χ4v) is 1.82. The lowest BCUT2D eigenvalue weighted by molar-refractivity contribution is 0.0176. The number of hydrogen-bond acceptors (Lipinski definition) is 4. The van der Waals surface area contributed by atoms with Crippen molar-refractivity contribution in [3.63, 3.8) is 0 Å². The van der Waals surface area contributed by atoms with Gasteiger partial charge in [0.25, 0.3) is 0 Å². The van der Waals surface area contributed by atoms with Gasteiger partial charge in [0.1, 0.15) is 0 Å². The van der Waals surface area contributed by atoms with Crippen LogP contribution in [0.1, 0.15) is 20.3 Å². The number of aliphatic hydroxyl groups is 3. The van der Waals surface area contributed by atoms with Gasteiger partial charge in [0.15, 0.2) is 0 Å². The van der Waals surface area contributed by atoms with Crippen molar-refractivity contribution in [2.45, 2.75) is 44.6 Å². The second-order valence-corrected chi connectivity index (χ2v) is 4.17. The van der Waals surface area contributed by atoms with Crippen LogP contribution < -0.4 is 5.32 Å². The Morgan fingerprint density at radius 3 is 2.08 bits per heavy atom. The maximum atomic E-state index is 9.58. The summed E-state index contributed by atoms with van der Waals surface area (Å²) >= 11 is 0. The Morgan fingerprint density at radius 2 is 1.69 bits per heavy atom. The normalized spacial score (nSPS) is 40.2. The summed E-state index contributed by atoms with van der Waals surface area (Å²) in [5, 5.41) is 30.9. The lowest BCUT2D eigenvalue weighted by atomic mass is 9.99. The lowest BCUT2D eigenvalue weighted by Crippen LogP contribution is -2.36. The first-order valence-electron chi connectivity index (χ1n) is 4.79. The van der Waals surface area contributed by atoms with Gasteiger partial charge in [0.2, 0.25) is 0 Å². The minimum Gasteiger partial charge on any atom is -0.395 e. The summed E-state index contributed by atoms with van der Waals surface area (Å²) in [6, 6.07) is -0.467. The van der Waals surface area contributed by atoms with Crippen LogP contribution in [0.3, 0.4) is 0 Å². The van der Waals surface area contributed by atoms with E-state index in [1.807, 2.05) is 0 Å². The Hall–Kier alpha value is -0.160. The molecule has 13 heavy (non-hydrogen) atoms. The zero-order chi connectivity index (χ0) is 10.0. The van der Waals surface area contributed by atoms with Gasteiger partial charge in [-0.25, -0.2) is 0 Å². The van der Waals surface area contributed by atoms with Crippen molar-refractivity contribution in [3.8, 4) is 0 Å². The minimum atomic E-state index is -0.839. The summed E-state index contributed by atoms with van der Waals surface area (Å²) in [4.78, 5) is 0. The highest BCUT2D eigenvalue weighted by molar-refractivity contribution is 4.97. The Morgan fingerprint density at radius 1 is 1.15 bits per heavy atom. The van der Waals surface area contributed by atoms with Crippen molar-refractivity contribution in [2.75, 3.05) is 6.61 Å². The van der Waals surface area contributed by atoms with Gasteiger partial charge >= 0.3 is 0 Å². The molecule has 4 nitrogen and oxygen atoms in total. The van der Waals surface area contributed by atoms with Crippen molar-refractivity contribution in [2.24, 2.45) is 5.92 Å². The molecule has 0 amide bonds. The van der Waals surface area contributed by atoms with E-state index in [1.165, 1.54) is 0 Å². The van der Waals surface area contributed by atoms with Crippen LogP contribution in [-0.4, -0.2) is 46.2 Å². The molecule has 0 aromatic rings. The highest BCUT2D eigenvalue weighted by Crippen LogP contribution is 2.19. The van der Waals surface area contributed by atoms with E-state index in [-0.39, 0.29) is 18.7 Å². The molecule has 0 aromatic carbocycles. The molecule has 78 valence electrons. The van der Waals surface area contributed by atoms with E-state index in [1.54, 1.807) is 0 Å². The van der Waals surface area contributed by atoms with Gasteiger partial charge in [-0.15, -0.1) is 0 Å². The second-order valence-electron chi connectivity index (χ2n) is 4.17. The third kappa shape index (κ3) is 2.40. The van der Waals surface area contributed by atoms with Gasteiger partial charge in [0, 0.05) is 6.04 Å². The Labute approximate surface area is 78.6 Å². The molecular formula is C9H19NO3.